The highest BCUT2D eigenvalue weighted by Crippen LogP contribution is 2.32. The van der Waals surface area contributed by atoms with Crippen molar-refractivity contribution in [3.8, 4) is 22.9 Å². The molecular weight excluding hydrogens is 259 g/mol. The van der Waals surface area contributed by atoms with Gasteiger partial charge in [0.1, 0.15) is 23.1 Å². The summed E-state index contributed by atoms with van der Waals surface area (Å²) < 4.78 is 24.4. The number of hydrogen-bond donors (Lipinski definition) is 1. The van der Waals surface area contributed by atoms with Gasteiger partial charge >= 0.3 is 0 Å². The summed E-state index contributed by atoms with van der Waals surface area (Å²) in [7, 11) is 3.10. The highest BCUT2D eigenvalue weighted by molar-refractivity contribution is 5.82. The minimum atomic E-state index is -0.379. The maximum Gasteiger partial charge on any atom is 0.145 e. The lowest BCUT2D eigenvalue weighted by molar-refractivity contribution is 0.413. The molecule has 1 N–H and O–H groups in total. The molecule has 3 aromatic rings. The molecule has 20 heavy (non-hydrogen) atoms. The summed E-state index contributed by atoms with van der Waals surface area (Å²) in [5, 5.41) is 0. The fourth-order valence-electron chi connectivity index (χ4n) is 2.14. The van der Waals surface area contributed by atoms with Gasteiger partial charge in [0.05, 0.1) is 30.8 Å². The molecule has 1 heterocycles. The molecule has 0 fully saturated rings. The van der Waals surface area contributed by atoms with Crippen LogP contribution < -0.4 is 9.47 Å². The summed E-state index contributed by atoms with van der Waals surface area (Å²) in [4.78, 5) is 7.49. The first-order valence-electron chi connectivity index (χ1n) is 6.09. The van der Waals surface area contributed by atoms with Crippen molar-refractivity contribution in [1.82, 2.24) is 9.97 Å². The molecule has 0 bridgehead atoms. The zero-order valence-corrected chi connectivity index (χ0v) is 11.1. The first-order chi connectivity index (χ1) is 9.72. The summed E-state index contributed by atoms with van der Waals surface area (Å²) in [5.41, 5.74) is 1.85. The molecule has 0 amide bonds. The van der Waals surface area contributed by atoms with E-state index in [9.17, 15) is 4.39 Å². The van der Waals surface area contributed by atoms with Gasteiger partial charge in [-0.15, -0.1) is 0 Å². The van der Waals surface area contributed by atoms with E-state index in [-0.39, 0.29) is 5.82 Å². The molecule has 1 aromatic heterocycles. The minimum Gasteiger partial charge on any atom is -0.497 e. The van der Waals surface area contributed by atoms with Gasteiger partial charge in [0.15, 0.2) is 0 Å². The Morgan fingerprint density at radius 1 is 1.10 bits per heavy atom. The number of aromatic amines is 1. The number of nitrogens with zero attached hydrogens (tertiary/aromatic N) is 1. The van der Waals surface area contributed by atoms with Crippen molar-refractivity contribution < 1.29 is 13.9 Å². The summed E-state index contributed by atoms with van der Waals surface area (Å²) in [5.74, 6) is 1.21. The maximum atomic E-state index is 14.0. The van der Waals surface area contributed by atoms with Crippen molar-refractivity contribution in [2.45, 2.75) is 0 Å². The molecule has 102 valence electrons. The topological polar surface area (TPSA) is 47.1 Å². The van der Waals surface area contributed by atoms with Crippen LogP contribution in [0.15, 0.2) is 36.4 Å². The SMILES string of the molecule is COc1ccc2nc(-c3c(F)cccc3OC)[nH]c2c1. The number of H-pyrrole nitrogens is 1. The van der Waals surface area contributed by atoms with Crippen LogP contribution in [0, 0.1) is 5.82 Å². The Hall–Kier alpha value is -2.56. The van der Waals surface area contributed by atoms with Gasteiger partial charge < -0.3 is 14.5 Å². The third-order valence-electron chi connectivity index (χ3n) is 3.12. The Labute approximate surface area is 115 Å². The number of halogens is 1. The van der Waals surface area contributed by atoms with Crippen LogP contribution in [0.25, 0.3) is 22.4 Å². The highest BCUT2D eigenvalue weighted by atomic mass is 19.1. The van der Waals surface area contributed by atoms with E-state index in [0.29, 0.717) is 22.9 Å². The zero-order valence-electron chi connectivity index (χ0n) is 11.1. The molecule has 0 unspecified atom stereocenters. The molecule has 0 atom stereocenters. The lowest BCUT2D eigenvalue weighted by Crippen LogP contribution is -1.92. The molecule has 0 saturated heterocycles. The van der Waals surface area contributed by atoms with Crippen LogP contribution in [0.4, 0.5) is 4.39 Å². The molecular formula is C15H13FN2O2. The highest BCUT2D eigenvalue weighted by Gasteiger charge is 2.15. The number of hydrogen-bond acceptors (Lipinski definition) is 3. The van der Waals surface area contributed by atoms with Crippen molar-refractivity contribution in [2.24, 2.45) is 0 Å². The molecule has 4 nitrogen and oxygen atoms in total. The van der Waals surface area contributed by atoms with E-state index < -0.39 is 0 Å². The average molecular weight is 272 g/mol. The second-order valence-corrected chi connectivity index (χ2v) is 4.29. The standard InChI is InChI=1S/C15H13FN2O2/c1-19-9-6-7-11-12(8-9)18-15(17-11)14-10(16)4-3-5-13(14)20-2/h3-8H,1-2H3,(H,17,18). The molecule has 5 heteroatoms. The molecule has 0 aliphatic rings. The Kier molecular flexibility index (Phi) is 3.02. The molecule has 0 aliphatic heterocycles. The number of methoxy groups -OCH3 is 2. The van der Waals surface area contributed by atoms with Gasteiger partial charge in [-0.3, -0.25) is 0 Å². The van der Waals surface area contributed by atoms with Crippen LogP contribution in [0.5, 0.6) is 11.5 Å². The summed E-state index contributed by atoms with van der Waals surface area (Å²) >= 11 is 0. The van der Waals surface area contributed by atoms with Crippen LogP contribution in [0.1, 0.15) is 0 Å². The Balaban J connectivity index is 2.20. The normalized spacial score (nSPS) is 10.8. The number of benzene rings is 2. The minimum absolute atomic E-state index is 0.324. The van der Waals surface area contributed by atoms with E-state index in [2.05, 4.69) is 9.97 Å². The zero-order chi connectivity index (χ0) is 14.1. The van der Waals surface area contributed by atoms with Crippen LogP contribution in [-0.2, 0) is 0 Å². The summed E-state index contributed by atoms with van der Waals surface area (Å²) in [6.07, 6.45) is 0. The third-order valence-corrected chi connectivity index (χ3v) is 3.12. The van der Waals surface area contributed by atoms with Gasteiger partial charge in [-0.1, -0.05) is 6.07 Å². The monoisotopic (exact) mass is 272 g/mol. The van der Waals surface area contributed by atoms with Gasteiger partial charge in [-0.2, -0.15) is 0 Å². The lowest BCUT2D eigenvalue weighted by Gasteiger charge is -2.06. The van der Waals surface area contributed by atoms with E-state index >= 15 is 0 Å². The summed E-state index contributed by atoms with van der Waals surface area (Å²) in [6.45, 7) is 0. The van der Waals surface area contributed by atoms with Gasteiger partial charge in [0.2, 0.25) is 0 Å². The molecule has 0 spiro atoms. The van der Waals surface area contributed by atoms with Gasteiger partial charge in [-0.05, 0) is 24.3 Å². The Morgan fingerprint density at radius 3 is 2.70 bits per heavy atom. The van der Waals surface area contributed by atoms with Crippen molar-refractivity contribution in [1.29, 1.82) is 0 Å². The fourth-order valence-corrected chi connectivity index (χ4v) is 2.14. The van der Waals surface area contributed by atoms with Gasteiger partial charge in [0, 0.05) is 6.07 Å². The first-order valence-corrected chi connectivity index (χ1v) is 6.09. The number of nitrogens with one attached hydrogen (secondary N) is 1. The molecule has 0 saturated carbocycles. The maximum absolute atomic E-state index is 14.0. The molecule has 0 aliphatic carbocycles. The van der Waals surface area contributed by atoms with Crippen molar-refractivity contribution in [2.75, 3.05) is 14.2 Å². The Bertz CT molecular complexity index is 768. The number of aromatic nitrogens is 2. The van der Waals surface area contributed by atoms with E-state index in [1.54, 1.807) is 19.2 Å². The van der Waals surface area contributed by atoms with E-state index in [4.69, 9.17) is 9.47 Å². The van der Waals surface area contributed by atoms with Crippen LogP contribution in [0.2, 0.25) is 0 Å². The first kappa shape index (κ1) is 12.5. The molecule has 0 radical (unpaired) electrons. The van der Waals surface area contributed by atoms with Gasteiger partial charge in [-0.25, -0.2) is 9.37 Å². The van der Waals surface area contributed by atoms with E-state index in [1.165, 1.54) is 13.2 Å². The van der Waals surface area contributed by atoms with E-state index in [1.807, 2.05) is 18.2 Å². The number of imidazole rings is 1. The van der Waals surface area contributed by atoms with Crippen molar-refractivity contribution in [3.05, 3.63) is 42.2 Å². The van der Waals surface area contributed by atoms with Crippen LogP contribution in [-0.4, -0.2) is 24.2 Å². The Morgan fingerprint density at radius 2 is 1.95 bits per heavy atom. The largest absolute Gasteiger partial charge is 0.497 e. The smallest absolute Gasteiger partial charge is 0.145 e. The van der Waals surface area contributed by atoms with Crippen LogP contribution in [0.3, 0.4) is 0 Å². The number of rotatable bonds is 3. The van der Waals surface area contributed by atoms with Crippen molar-refractivity contribution >= 4 is 11.0 Å². The second kappa shape index (κ2) is 4.85. The second-order valence-electron chi connectivity index (χ2n) is 4.29. The average Bonchev–Trinajstić information content (AvgIpc) is 2.88. The predicted octanol–water partition coefficient (Wildman–Crippen LogP) is 3.39. The number of fused-ring (bicyclic) bond motifs is 1. The van der Waals surface area contributed by atoms with Crippen LogP contribution >= 0.6 is 0 Å². The van der Waals surface area contributed by atoms with Gasteiger partial charge in [0.25, 0.3) is 0 Å². The summed E-state index contributed by atoms with van der Waals surface area (Å²) in [6, 6.07) is 10.1. The predicted molar refractivity (Wildman–Crippen MR) is 74.6 cm³/mol. The fraction of sp³-hybridized carbons (Fsp3) is 0.133. The third kappa shape index (κ3) is 1.97. The molecule has 2 aromatic carbocycles. The van der Waals surface area contributed by atoms with E-state index in [0.717, 1.165) is 11.0 Å². The molecule has 3 rings (SSSR count). The number of ether oxygens (including phenoxy) is 2. The lowest BCUT2D eigenvalue weighted by atomic mass is 10.2. The van der Waals surface area contributed by atoms with Crippen molar-refractivity contribution in [3.63, 3.8) is 0 Å². The quantitative estimate of drug-likeness (QED) is 0.795.